The lowest BCUT2D eigenvalue weighted by Crippen LogP contribution is -2.39. The van der Waals surface area contributed by atoms with Crippen LogP contribution in [0.5, 0.6) is 0 Å². The van der Waals surface area contributed by atoms with Gasteiger partial charge in [-0.15, -0.1) is 0 Å². The fourth-order valence-electron chi connectivity index (χ4n) is 3.48. The van der Waals surface area contributed by atoms with Crippen LogP contribution in [0.1, 0.15) is 24.6 Å². The molecule has 1 saturated heterocycles. The molecule has 0 bridgehead atoms. The van der Waals surface area contributed by atoms with Crippen molar-refractivity contribution in [2.75, 3.05) is 18.0 Å². The predicted molar refractivity (Wildman–Crippen MR) is 89.9 cm³/mol. The van der Waals surface area contributed by atoms with Crippen LogP contribution in [-0.2, 0) is 0 Å². The quantitative estimate of drug-likeness (QED) is 0.772. The van der Waals surface area contributed by atoms with Crippen molar-refractivity contribution in [3.8, 4) is 0 Å². The number of hydrogen-bond donors (Lipinski definition) is 2. The van der Waals surface area contributed by atoms with Crippen LogP contribution >= 0.6 is 0 Å². The fourth-order valence-corrected chi connectivity index (χ4v) is 3.48. The average molecular weight is 326 g/mol. The molecule has 1 aliphatic rings. The maximum atomic E-state index is 13.2. The van der Waals surface area contributed by atoms with Gasteiger partial charge in [-0.05, 0) is 43.5 Å². The van der Waals surface area contributed by atoms with E-state index in [0.717, 1.165) is 41.9 Å². The summed E-state index contributed by atoms with van der Waals surface area (Å²) in [7, 11) is 0. The molecule has 6 nitrogen and oxygen atoms in total. The number of nitrogens with one attached hydrogen (secondary N) is 1. The van der Waals surface area contributed by atoms with Gasteiger partial charge in [0.1, 0.15) is 23.6 Å². The molecular weight excluding hydrogens is 307 g/mol. The molecule has 2 atom stereocenters. The van der Waals surface area contributed by atoms with Crippen LogP contribution in [0.15, 0.2) is 36.9 Å². The van der Waals surface area contributed by atoms with Gasteiger partial charge in [-0.25, -0.2) is 19.3 Å². The van der Waals surface area contributed by atoms with Crippen molar-refractivity contribution in [2.24, 2.45) is 11.7 Å². The SMILES string of the molecule is NCC1CCN(c2ccc(F)cn2)C(c2ncnc3[nH]ccc23)C1. The van der Waals surface area contributed by atoms with Crippen LogP contribution in [0.3, 0.4) is 0 Å². The number of rotatable bonds is 3. The second kappa shape index (κ2) is 6.16. The van der Waals surface area contributed by atoms with E-state index in [2.05, 4.69) is 24.8 Å². The zero-order valence-electron chi connectivity index (χ0n) is 13.2. The van der Waals surface area contributed by atoms with E-state index in [1.165, 1.54) is 12.3 Å². The monoisotopic (exact) mass is 326 g/mol. The molecule has 0 saturated carbocycles. The van der Waals surface area contributed by atoms with Gasteiger partial charge in [0, 0.05) is 18.1 Å². The average Bonchev–Trinajstić information content (AvgIpc) is 3.11. The van der Waals surface area contributed by atoms with E-state index >= 15 is 0 Å². The van der Waals surface area contributed by atoms with E-state index in [4.69, 9.17) is 5.73 Å². The van der Waals surface area contributed by atoms with Crippen LogP contribution in [0.25, 0.3) is 11.0 Å². The number of nitrogens with zero attached hydrogens (tertiary/aromatic N) is 4. The maximum Gasteiger partial charge on any atom is 0.141 e. The molecular formula is C17H19FN6. The van der Waals surface area contributed by atoms with Crippen molar-refractivity contribution in [3.05, 3.63) is 48.4 Å². The Morgan fingerprint density at radius 2 is 2.17 bits per heavy atom. The van der Waals surface area contributed by atoms with Gasteiger partial charge >= 0.3 is 0 Å². The number of aromatic amines is 1. The topological polar surface area (TPSA) is 83.7 Å². The second-order valence-corrected chi connectivity index (χ2v) is 6.17. The zero-order valence-corrected chi connectivity index (χ0v) is 13.2. The summed E-state index contributed by atoms with van der Waals surface area (Å²) >= 11 is 0. The highest BCUT2D eigenvalue weighted by Gasteiger charge is 2.32. The first-order chi connectivity index (χ1) is 11.8. The van der Waals surface area contributed by atoms with Gasteiger partial charge in [0.15, 0.2) is 0 Å². The van der Waals surface area contributed by atoms with Crippen molar-refractivity contribution >= 4 is 16.9 Å². The fraction of sp³-hybridized carbons (Fsp3) is 0.353. The minimum absolute atomic E-state index is 0.0477. The van der Waals surface area contributed by atoms with E-state index in [0.29, 0.717) is 12.5 Å². The van der Waals surface area contributed by atoms with Crippen LogP contribution in [-0.4, -0.2) is 33.0 Å². The number of aromatic nitrogens is 4. The Hall–Kier alpha value is -2.54. The zero-order chi connectivity index (χ0) is 16.5. The molecule has 24 heavy (non-hydrogen) atoms. The molecule has 4 rings (SSSR count). The molecule has 3 N–H and O–H groups in total. The molecule has 0 amide bonds. The summed E-state index contributed by atoms with van der Waals surface area (Å²) in [6, 6.07) is 5.21. The van der Waals surface area contributed by atoms with Gasteiger partial charge in [-0.2, -0.15) is 0 Å². The third kappa shape index (κ3) is 2.60. The molecule has 3 aromatic rings. The van der Waals surface area contributed by atoms with Crippen molar-refractivity contribution in [2.45, 2.75) is 18.9 Å². The Balaban J connectivity index is 1.77. The predicted octanol–water partition coefficient (Wildman–Crippen LogP) is 2.41. The Morgan fingerprint density at radius 1 is 1.25 bits per heavy atom. The number of fused-ring (bicyclic) bond motifs is 1. The van der Waals surface area contributed by atoms with E-state index < -0.39 is 0 Å². The Kier molecular flexibility index (Phi) is 3.86. The molecule has 3 aromatic heterocycles. The van der Waals surface area contributed by atoms with Crippen LogP contribution < -0.4 is 10.6 Å². The van der Waals surface area contributed by atoms with Crippen LogP contribution in [0, 0.1) is 11.7 Å². The Labute approximate surface area is 138 Å². The van der Waals surface area contributed by atoms with Gasteiger partial charge in [0.25, 0.3) is 0 Å². The van der Waals surface area contributed by atoms with Crippen LogP contribution in [0.2, 0.25) is 0 Å². The number of H-pyrrole nitrogens is 1. The number of pyridine rings is 1. The Bertz CT molecular complexity index is 830. The summed E-state index contributed by atoms with van der Waals surface area (Å²) in [5.74, 6) is 0.872. The van der Waals surface area contributed by atoms with Gasteiger partial charge in [0.05, 0.1) is 17.9 Å². The van der Waals surface area contributed by atoms with Crippen molar-refractivity contribution in [1.29, 1.82) is 0 Å². The van der Waals surface area contributed by atoms with E-state index in [9.17, 15) is 4.39 Å². The maximum absolute atomic E-state index is 13.2. The largest absolute Gasteiger partial charge is 0.348 e. The summed E-state index contributed by atoms with van der Waals surface area (Å²) in [5, 5.41) is 1.01. The van der Waals surface area contributed by atoms with Crippen molar-refractivity contribution in [3.63, 3.8) is 0 Å². The summed E-state index contributed by atoms with van der Waals surface area (Å²) in [5.41, 5.74) is 7.70. The number of halogens is 1. The molecule has 4 heterocycles. The first-order valence-electron chi connectivity index (χ1n) is 8.12. The lowest BCUT2D eigenvalue weighted by atomic mass is 9.88. The number of hydrogen-bond acceptors (Lipinski definition) is 5. The lowest BCUT2D eigenvalue weighted by Gasteiger charge is -2.39. The smallest absolute Gasteiger partial charge is 0.141 e. The summed E-state index contributed by atoms with van der Waals surface area (Å²) in [6.45, 7) is 1.48. The summed E-state index contributed by atoms with van der Waals surface area (Å²) in [4.78, 5) is 18.4. The highest BCUT2D eigenvalue weighted by Crippen LogP contribution is 2.37. The van der Waals surface area contributed by atoms with E-state index in [1.807, 2.05) is 12.3 Å². The minimum atomic E-state index is -0.331. The molecule has 0 aromatic carbocycles. The normalized spacial score (nSPS) is 21.3. The van der Waals surface area contributed by atoms with Gasteiger partial charge < -0.3 is 15.6 Å². The van der Waals surface area contributed by atoms with Crippen molar-refractivity contribution < 1.29 is 4.39 Å². The van der Waals surface area contributed by atoms with Gasteiger partial charge in [-0.1, -0.05) is 0 Å². The molecule has 1 aliphatic heterocycles. The molecule has 0 aliphatic carbocycles. The summed E-state index contributed by atoms with van der Waals surface area (Å²) < 4.78 is 13.2. The standard InChI is InChI=1S/C17H19FN6/c18-12-1-2-15(21-9-12)24-6-4-11(8-19)7-14(24)16-13-3-5-20-17(13)23-10-22-16/h1-3,5,9-11,14H,4,6-8,19H2,(H,20,22,23). The number of anilines is 1. The molecule has 0 spiro atoms. The molecule has 2 unspecified atom stereocenters. The molecule has 1 fully saturated rings. The lowest BCUT2D eigenvalue weighted by molar-refractivity contribution is 0.347. The molecule has 124 valence electrons. The minimum Gasteiger partial charge on any atom is -0.348 e. The highest BCUT2D eigenvalue weighted by molar-refractivity contribution is 5.78. The van der Waals surface area contributed by atoms with E-state index in [1.54, 1.807) is 12.4 Å². The van der Waals surface area contributed by atoms with Gasteiger partial charge in [0.2, 0.25) is 0 Å². The summed E-state index contributed by atoms with van der Waals surface area (Å²) in [6.07, 6.45) is 6.59. The second-order valence-electron chi connectivity index (χ2n) is 6.17. The third-order valence-corrected chi connectivity index (χ3v) is 4.75. The van der Waals surface area contributed by atoms with Crippen LogP contribution in [0.4, 0.5) is 10.2 Å². The first kappa shape index (κ1) is 15.0. The van der Waals surface area contributed by atoms with Gasteiger partial charge in [-0.3, -0.25) is 0 Å². The first-order valence-corrected chi connectivity index (χ1v) is 8.12. The van der Waals surface area contributed by atoms with Crippen molar-refractivity contribution in [1.82, 2.24) is 19.9 Å². The number of nitrogens with two attached hydrogens (primary N) is 1. The highest BCUT2D eigenvalue weighted by atomic mass is 19.1. The molecule has 0 radical (unpaired) electrons. The molecule has 7 heteroatoms. The number of piperidine rings is 1. The van der Waals surface area contributed by atoms with E-state index in [-0.39, 0.29) is 11.9 Å². The third-order valence-electron chi connectivity index (χ3n) is 4.75. The Morgan fingerprint density at radius 3 is 2.96 bits per heavy atom.